The zero-order chi connectivity index (χ0) is 39.6. The molecule has 0 radical (unpaired) electrons. The molecule has 0 aliphatic carbocycles. The zero-order valence-electron chi connectivity index (χ0n) is 34.4. The van der Waals surface area contributed by atoms with E-state index >= 15 is 0 Å². The fraction of sp³-hybridized carbons (Fsp3) is 0.156. The predicted octanol–water partition coefficient (Wildman–Crippen LogP) is 11.7. The van der Waals surface area contributed by atoms with Gasteiger partial charge in [0.2, 0.25) is 0 Å². The van der Waals surface area contributed by atoms with Crippen molar-refractivity contribution in [2.24, 2.45) is 0 Å². The Bertz CT molecular complexity index is 2720. The van der Waals surface area contributed by atoms with Gasteiger partial charge >= 0.3 is 0 Å². The molecule has 50 heavy (non-hydrogen) atoms. The van der Waals surface area contributed by atoms with E-state index in [-0.39, 0.29) is 22.2 Å². The number of imidazole rings is 1. The number of rotatable bonds is 6. The van der Waals surface area contributed by atoms with Crippen molar-refractivity contribution in [3.63, 3.8) is 0 Å². The van der Waals surface area contributed by atoms with Gasteiger partial charge in [-0.25, -0.2) is 9.97 Å². The molecule has 0 bridgehead atoms. The second-order valence-corrected chi connectivity index (χ2v) is 13.7. The molecule has 5 nitrogen and oxygen atoms in total. The molecular weight excluding hydrogens is 613 g/mol. The van der Waals surface area contributed by atoms with Crippen LogP contribution in [0.2, 0.25) is 0 Å². The van der Waals surface area contributed by atoms with Gasteiger partial charge in [-0.3, -0.25) is 9.13 Å². The van der Waals surface area contributed by atoms with E-state index in [0.717, 1.165) is 38.8 Å². The van der Waals surface area contributed by atoms with Crippen LogP contribution in [0.3, 0.4) is 0 Å². The Morgan fingerprint density at radius 3 is 2.18 bits per heavy atom. The first-order valence-corrected chi connectivity index (χ1v) is 16.6. The summed E-state index contributed by atoms with van der Waals surface area (Å²) in [5, 5.41) is 2.15. The number of ether oxygens (including phenoxy) is 1. The number of aromatic nitrogens is 4. The number of hydrogen-bond donors (Lipinski definition) is 0. The molecule has 246 valence electrons. The van der Waals surface area contributed by atoms with Crippen LogP contribution < -0.4 is 4.74 Å². The second-order valence-electron chi connectivity index (χ2n) is 13.7. The lowest BCUT2D eigenvalue weighted by Crippen LogP contribution is -2.14. The van der Waals surface area contributed by atoms with E-state index in [4.69, 9.17) is 17.9 Å². The maximum absolute atomic E-state index is 8.28. The molecule has 0 fully saturated rings. The second kappa shape index (κ2) is 12.2. The standard InChI is InChI=1S/C45H40N4O/c1-29-23-30(2)43(31(3)24-29)48-22-21-46-44(48)33-15-12-16-34(25-33)50-35-19-20-37-36-17-10-11-18-40(36)49(41(37)26-35)42-27-39(45(4,5)6)38(28-47-42)32-13-8-7-9-14-32/h7-28H,1-6H3/i2D3,3D3. The van der Waals surface area contributed by atoms with Gasteiger partial charge in [-0.05, 0) is 84.7 Å². The van der Waals surface area contributed by atoms with Crippen LogP contribution >= 0.6 is 0 Å². The predicted molar refractivity (Wildman–Crippen MR) is 206 cm³/mol. The molecule has 8 aromatic rings. The van der Waals surface area contributed by atoms with Gasteiger partial charge in [-0.1, -0.05) is 99.1 Å². The van der Waals surface area contributed by atoms with Crippen LogP contribution in [0, 0.1) is 20.6 Å². The van der Waals surface area contributed by atoms with Crippen LogP contribution in [0.15, 0.2) is 134 Å². The lowest BCUT2D eigenvalue weighted by molar-refractivity contribution is 0.483. The molecule has 3 heterocycles. The van der Waals surface area contributed by atoms with Crippen LogP contribution in [0.25, 0.3) is 55.8 Å². The molecule has 0 N–H and O–H groups in total. The summed E-state index contributed by atoms with van der Waals surface area (Å²) < 4.78 is 60.0. The third kappa shape index (κ3) is 5.55. The smallest absolute Gasteiger partial charge is 0.144 e. The van der Waals surface area contributed by atoms with E-state index in [9.17, 15) is 0 Å². The molecule has 0 aliphatic heterocycles. The minimum atomic E-state index is -2.57. The van der Waals surface area contributed by atoms with Crippen molar-refractivity contribution in [1.82, 2.24) is 19.1 Å². The van der Waals surface area contributed by atoms with E-state index in [2.05, 4.69) is 66.7 Å². The first kappa shape index (κ1) is 25.1. The molecule has 0 aliphatic rings. The average molecular weight is 659 g/mol. The van der Waals surface area contributed by atoms with Crippen molar-refractivity contribution in [2.45, 2.75) is 46.8 Å². The first-order valence-electron chi connectivity index (χ1n) is 19.6. The monoisotopic (exact) mass is 658 g/mol. The summed E-state index contributed by atoms with van der Waals surface area (Å²) in [6.45, 7) is 3.22. The largest absolute Gasteiger partial charge is 0.457 e. The maximum Gasteiger partial charge on any atom is 0.144 e. The summed E-state index contributed by atoms with van der Waals surface area (Å²) in [4.78, 5) is 9.62. The minimum absolute atomic E-state index is 0.0576. The van der Waals surface area contributed by atoms with Crippen molar-refractivity contribution < 1.29 is 13.0 Å². The Balaban J connectivity index is 1.22. The van der Waals surface area contributed by atoms with Crippen molar-refractivity contribution in [3.8, 4) is 45.5 Å². The van der Waals surface area contributed by atoms with E-state index < -0.39 is 13.7 Å². The van der Waals surface area contributed by atoms with Crippen LogP contribution in [0.5, 0.6) is 11.5 Å². The van der Waals surface area contributed by atoms with Crippen LogP contribution in [-0.4, -0.2) is 19.1 Å². The summed E-state index contributed by atoms with van der Waals surface area (Å²) in [6.07, 6.45) is 5.10. The molecule has 5 aromatic carbocycles. The number of benzene rings is 5. The van der Waals surface area contributed by atoms with E-state index in [1.54, 1.807) is 17.7 Å². The molecule has 3 aromatic heterocycles. The summed E-state index contributed by atoms with van der Waals surface area (Å²) in [6, 6.07) is 37.2. The summed E-state index contributed by atoms with van der Waals surface area (Å²) in [7, 11) is 0. The van der Waals surface area contributed by atoms with Crippen molar-refractivity contribution >= 4 is 21.8 Å². The summed E-state index contributed by atoms with van der Waals surface area (Å²) in [5.74, 6) is 2.31. The highest BCUT2D eigenvalue weighted by molar-refractivity contribution is 6.09. The highest BCUT2D eigenvalue weighted by Crippen LogP contribution is 2.39. The van der Waals surface area contributed by atoms with E-state index in [1.807, 2.05) is 72.9 Å². The topological polar surface area (TPSA) is 44.9 Å². The van der Waals surface area contributed by atoms with E-state index in [1.165, 1.54) is 23.9 Å². The first-order chi connectivity index (χ1) is 26.6. The number of fused-ring (bicyclic) bond motifs is 3. The van der Waals surface area contributed by atoms with Gasteiger partial charge in [0.15, 0.2) is 0 Å². The zero-order valence-corrected chi connectivity index (χ0v) is 28.4. The number of para-hydroxylation sites is 1. The van der Waals surface area contributed by atoms with Gasteiger partial charge in [-0.15, -0.1) is 0 Å². The molecule has 0 saturated heterocycles. The van der Waals surface area contributed by atoms with E-state index in [0.29, 0.717) is 28.5 Å². The van der Waals surface area contributed by atoms with Gasteiger partial charge in [0.25, 0.3) is 0 Å². The summed E-state index contributed by atoms with van der Waals surface area (Å²) >= 11 is 0. The third-order valence-electron chi connectivity index (χ3n) is 9.12. The Morgan fingerprint density at radius 1 is 0.680 bits per heavy atom. The third-order valence-corrected chi connectivity index (χ3v) is 9.12. The fourth-order valence-corrected chi connectivity index (χ4v) is 6.87. The highest BCUT2D eigenvalue weighted by Gasteiger charge is 2.22. The molecule has 8 rings (SSSR count). The number of pyridine rings is 1. The maximum atomic E-state index is 8.28. The quantitative estimate of drug-likeness (QED) is 0.179. The highest BCUT2D eigenvalue weighted by atomic mass is 16.5. The van der Waals surface area contributed by atoms with Crippen molar-refractivity contribution in [3.05, 3.63) is 156 Å². The molecule has 5 heteroatoms. The Kier molecular flexibility index (Phi) is 6.12. The van der Waals surface area contributed by atoms with Gasteiger partial charge in [0, 0.05) is 54.8 Å². The minimum Gasteiger partial charge on any atom is -0.457 e. The molecule has 0 spiro atoms. The number of nitrogens with zero attached hydrogens (tertiary/aromatic N) is 4. The van der Waals surface area contributed by atoms with Crippen LogP contribution in [0.1, 0.15) is 51.2 Å². The van der Waals surface area contributed by atoms with Gasteiger partial charge < -0.3 is 4.74 Å². The van der Waals surface area contributed by atoms with Crippen molar-refractivity contribution in [2.75, 3.05) is 0 Å². The van der Waals surface area contributed by atoms with Gasteiger partial charge in [0.05, 0.1) is 16.7 Å². The summed E-state index contributed by atoms with van der Waals surface area (Å²) in [5.41, 5.74) is 6.33. The number of hydrogen-bond acceptors (Lipinski definition) is 3. The Hall–Kier alpha value is -5.94. The normalized spacial score (nSPS) is 14.1. The number of aryl methyl sites for hydroxylation is 3. The van der Waals surface area contributed by atoms with Crippen LogP contribution in [0.4, 0.5) is 0 Å². The van der Waals surface area contributed by atoms with Crippen molar-refractivity contribution in [1.29, 1.82) is 0 Å². The molecular formula is C45H40N4O. The van der Waals surface area contributed by atoms with Crippen LogP contribution in [-0.2, 0) is 5.41 Å². The fourth-order valence-electron chi connectivity index (χ4n) is 6.87. The van der Waals surface area contributed by atoms with Gasteiger partial charge in [-0.2, -0.15) is 0 Å². The Labute approximate surface area is 301 Å². The SMILES string of the molecule is [2H]C([2H])([2H])c1cc(C)cc(C([2H])([2H])[2H])c1-n1ccnc1-c1cccc(Oc2ccc3c4ccccc4n(-c4cc(C(C)(C)C)c(-c5ccccc5)cn4)c3c2)c1. The lowest BCUT2D eigenvalue weighted by atomic mass is 9.82. The molecule has 0 unspecified atom stereocenters. The van der Waals surface area contributed by atoms with Gasteiger partial charge in [0.1, 0.15) is 23.1 Å². The molecule has 0 saturated carbocycles. The average Bonchev–Trinajstić information content (AvgIpc) is 3.77. The Morgan fingerprint density at radius 2 is 1.40 bits per heavy atom. The molecule has 0 atom stereocenters. The lowest BCUT2D eigenvalue weighted by Gasteiger charge is -2.24. The molecule has 0 amide bonds.